The van der Waals surface area contributed by atoms with Crippen LogP contribution in [-0.2, 0) is 14.3 Å². The lowest BCUT2D eigenvalue weighted by Crippen LogP contribution is -2.37. The minimum absolute atomic E-state index is 0.00641. The smallest absolute Gasteiger partial charge is 0.336 e. The molecule has 1 atom stereocenters. The minimum atomic E-state index is -0.591. The van der Waals surface area contributed by atoms with Crippen LogP contribution in [0.3, 0.4) is 0 Å². The summed E-state index contributed by atoms with van der Waals surface area (Å²) in [5.74, 6) is -0.792. The highest BCUT2D eigenvalue weighted by Crippen LogP contribution is 2.45. The topological polar surface area (TPSA) is 65.1 Å². The van der Waals surface area contributed by atoms with Gasteiger partial charge < -0.3 is 14.2 Å². The van der Waals surface area contributed by atoms with Crippen LogP contribution in [0.5, 0.6) is 11.5 Å². The quantitative estimate of drug-likeness (QED) is 0.707. The number of carbonyl (C=O) groups excluding carboxylic acids is 2. The summed E-state index contributed by atoms with van der Waals surface area (Å²) in [6.45, 7) is -0.0579. The number of hydrogen-bond donors (Lipinski definition) is 0. The van der Waals surface area contributed by atoms with E-state index in [4.69, 9.17) is 25.8 Å². The van der Waals surface area contributed by atoms with E-state index in [2.05, 4.69) is 0 Å². The van der Waals surface area contributed by atoms with Crippen LogP contribution < -0.4 is 14.4 Å². The lowest BCUT2D eigenvalue weighted by atomic mass is 9.83. The Hall–Kier alpha value is -3.06. The molecule has 2 aromatic carbocycles. The zero-order valence-corrected chi connectivity index (χ0v) is 16.5. The minimum Gasteiger partial charge on any atom is -0.497 e. The second-order valence-corrected chi connectivity index (χ2v) is 7.04. The van der Waals surface area contributed by atoms with Crippen LogP contribution in [-0.4, -0.2) is 32.7 Å². The summed E-state index contributed by atoms with van der Waals surface area (Å²) >= 11 is 5.89. The van der Waals surface area contributed by atoms with Gasteiger partial charge in [0.2, 0.25) is 5.91 Å². The van der Waals surface area contributed by atoms with Gasteiger partial charge in [0.1, 0.15) is 23.9 Å². The van der Waals surface area contributed by atoms with Gasteiger partial charge in [-0.25, -0.2) is 9.18 Å². The molecular formula is C21H17ClFNO5. The van der Waals surface area contributed by atoms with E-state index in [-0.39, 0.29) is 24.0 Å². The van der Waals surface area contributed by atoms with Gasteiger partial charge in [0.15, 0.2) is 0 Å². The Kier molecular flexibility index (Phi) is 4.92. The summed E-state index contributed by atoms with van der Waals surface area (Å²) in [6, 6.07) is 9.19. The van der Waals surface area contributed by atoms with Crippen LogP contribution in [0.15, 0.2) is 47.7 Å². The van der Waals surface area contributed by atoms with Crippen molar-refractivity contribution in [3.63, 3.8) is 0 Å². The zero-order valence-electron chi connectivity index (χ0n) is 15.7. The fourth-order valence-corrected chi connectivity index (χ4v) is 3.93. The van der Waals surface area contributed by atoms with Crippen LogP contribution in [0.2, 0.25) is 5.02 Å². The molecule has 0 fully saturated rings. The summed E-state index contributed by atoms with van der Waals surface area (Å²) in [5.41, 5.74) is 1.83. The number of methoxy groups -OCH3 is 2. The second-order valence-electron chi connectivity index (χ2n) is 6.63. The summed E-state index contributed by atoms with van der Waals surface area (Å²) in [7, 11) is 3.05. The Balaban J connectivity index is 1.86. The predicted molar refractivity (Wildman–Crippen MR) is 104 cm³/mol. The van der Waals surface area contributed by atoms with Crippen LogP contribution in [0.1, 0.15) is 17.9 Å². The fraction of sp³-hybridized carbons (Fsp3) is 0.238. The molecule has 29 heavy (non-hydrogen) atoms. The number of cyclic esters (lactones) is 1. The summed E-state index contributed by atoms with van der Waals surface area (Å²) in [6.07, 6.45) is 0.00641. The highest BCUT2D eigenvalue weighted by Gasteiger charge is 2.44. The molecule has 2 aromatic rings. The van der Waals surface area contributed by atoms with Gasteiger partial charge in [-0.3, -0.25) is 9.69 Å². The van der Waals surface area contributed by atoms with Crippen LogP contribution in [0.4, 0.5) is 10.1 Å². The molecule has 4 rings (SSSR count). The lowest BCUT2D eigenvalue weighted by molar-refractivity contribution is -0.136. The normalized spacial score (nSPS) is 18.6. The van der Waals surface area contributed by atoms with Crippen LogP contribution in [0.25, 0.3) is 0 Å². The molecular weight excluding hydrogens is 401 g/mol. The van der Waals surface area contributed by atoms with Crippen molar-refractivity contribution in [3.8, 4) is 11.5 Å². The Morgan fingerprint density at radius 1 is 1.14 bits per heavy atom. The molecule has 6 nitrogen and oxygen atoms in total. The number of nitrogens with zero attached hydrogens (tertiary/aromatic N) is 1. The van der Waals surface area contributed by atoms with Crippen molar-refractivity contribution < 1.29 is 28.2 Å². The highest BCUT2D eigenvalue weighted by atomic mass is 35.5. The van der Waals surface area contributed by atoms with Crippen molar-refractivity contribution in [3.05, 3.63) is 64.1 Å². The number of esters is 1. The predicted octanol–water partition coefficient (Wildman–Crippen LogP) is 3.83. The maximum Gasteiger partial charge on any atom is 0.336 e. The summed E-state index contributed by atoms with van der Waals surface area (Å²) < 4.78 is 29.6. The third-order valence-corrected chi connectivity index (χ3v) is 5.38. The van der Waals surface area contributed by atoms with E-state index in [0.717, 1.165) is 0 Å². The van der Waals surface area contributed by atoms with Gasteiger partial charge >= 0.3 is 5.97 Å². The first-order valence-corrected chi connectivity index (χ1v) is 9.22. The molecule has 0 saturated carbocycles. The first-order valence-electron chi connectivity index (χ1n) is 8.84. The zero-order chi connectivity index (χ0) is 20.7. The first kappa shape index (κ1) is 19.3. The molecule has 0 N–H and O–H groups in total. The monoisotopic (exact) mass is 417 g/mol. The largest absolute Gasteiger partial charge is 0.497 e. The van der Waals surface area contributed by atoms with Gasteiger partial charge in [0.25, 0.3) is 0 Å². The number of anilines is 1. The first-order chi connectivity index (χ1) is 13.9. The van der Waals surface area contributed by atoms with Crippen molar-refractivity contribution in [2.45, 2.75) is 12.3 Å². The SMILES string of the molecule is COc1ccc(OC)c([C@H]2CC(=O)N(c3ccc(F)c(Cl)c3)C3=C2C(=O)OC3)c1. The van der Waals surface area contributed by atoms with Gasteiger partial charge in [0.05, 0.1) is 36.2 Å². The van der Waals surface area contributed by atoms with Crippen LogP contribution >= 0.6 is 11.6 Å². The Labute approximate surface area is 171 Å². The number of benzene rings is 2. The lowest BCUT2D eigenvalue weighted by Gasteiger charge is -2.32. The summed E-state index contributed by atoms with van der Waals surface area (Å²) in [5, 5.41) is -0.112. The standard InChI is InChI=1S/C21H17ClFNO5/c1-27-12-4-6-18(28-2)13(8-12)14-9-19(25)24(17-10-29-21(26)20(14)17)11-3-5-16(23)15(22)7-11/h3-8,14H,9-10H2,1-2H3/t14-/m1/s1. The van der Waals surface area contributed by atoms with Crippen molar-refractivity contribution >= 4 is 29.2 Å². The van der Waals surface area contributed by atoms with Gasteiger partial charge in [-0.05, 0) is 36.4 Å². The molecule has 0 aliphatic carbocycles. The van der Waals surface area contributed by atoms with Crippen molar-refractivity contribution in [2.24, 2.45) is 0 Å². The molecule has 150 valence electrons. The third kappa shape index (κ3) is 3.21. The number of ether oxygens (including phenoxy) is 3. The highest BCUT2D eigenvalue weighted by molar-refractivity contribution is 6.31. The molecule has 0 aromatic heterocycles. The van der Waals surface area contributed by atoms with E-state index in [1.54, 1.807) is 18.2 Å². The van der Waals surface area contributed by atoms with E-state index >= 15 is 0 Å². The van der Waals surface area contributed by atoms with E-state index in [1.165, 1.54) is 37.3 Å². The van der Waals surface area contributed by atoms with Gasteiger partial charge in [-0.1, -0.05) is 11.6 Å². The second kappa shape index (κ2) is 7.40. The molecule has 2 aliphatic rings. The van der Waals surface area contributed by atoms with Crippen molar-refractivity contribution in [1.82, 2.24) is 0 Å². The van der Waals surface area contributed by atoms with E-state index < -0.39 is 17.7 Å². The molecule has 0 unspecified atom stereocenters. The average molecular weight is 418 g/mol. The molecule has 1 amide bonds. The van der Waals surface area contributed by atoms with E-state index in [9.17, 15) is 14.0 Å². The van der Waals surface area contributed by atoms with Gasteiger partial charge in [0, 0.05) is 17.9 Å². The number of amides is 1. The third-order valence-electron chi connectivity index (χ3n) is 5.09. The van der Waals surface area contributed by atoms with Crippen LogP contribution in [0, 0.1) is 5.82 Å². The Bertz CT molecular complexity index is 1050. The molecule has 0 radical (unpaired) electrons. The van der Waals surface area contributed by atoms with E-state index in [1.807, 2.05) is 0 Å². The maximum absolute atomic E-state index is 13.6. The van der Waals surface area contributed by atoms with Crippen molar-refractivity contribution in [1.29, 1.82) is 0 Å². The number of carbonyl (C=O) groups is 2. The molecule has 0 bridgehead atoms. The maximum atomic E-state index is 13.6. The molecule has 0 spiro atoms. The Morgan fingerprint density at radius 2 is 1.93 bits per heavy atom. The summed E-state index contributed by atoms with van der Waals surface area (Å²) in [4.78, 5) is 27.0. The van der Waals surface area contributed by atoms with E-state index in [0.29, 0.717) is 34.0 Å². The number of halogens is 2. The van der Waals surface area contributed by atoms with Gasteiger partial charge in [-0.2, -0.15) is 0 Å². The molecule has 8 heteroatoms. The molecule has 2 aliphatic heterocycles. The number of rotatable bonds is 4. The fourth-order valence-electron chi connectivity index (χ4n) is 3.76. The number of hydrogen-bond acceptors (Lipinski definition) is 5. The molecule has 2 heterocycles. The Morgan fingerprint density at radius 3 is 2.62 bits per heavy atom. The average Bonchev–Trinajstić information content (AvgIpc) is 3.10. The molecule has 0 saturated heterocycles. The van der Waals surface area contributed by atoms with Gasteiger partial charge in [-0.15, -0.1) is 0 Å². The van der Waals surface area contributed by atoms with Crippen molar-refractivity contribution in [2.75, 3.05) is 25.7 Å².